The largest absolute Gasteiger partial charge is 0.288 e. The van der Waals surface area contributed by atoms with Gasteiger partial charge >= 0.3 is 0 Å². The Morgan fingerprint density at radius 3 is 2.76 bits per heavy atom. The van der Waals surface area contributed by atoms with Crippen molar-refractivity contribution >= 4 is 27.3 Å². The Hall–Kier alpha value is -1.11. The molecule has 0 amide bonds. The van der Waals surface area contributed by atoms with Crippen LogP contribution in [0.4, 0.5) is 0 Å². The van der Waals surface area contributed by atoms with Crippen molar-refractivity contribution in [3.05, 3.63) is 29.5 Å². The minimum atomic E-state index is -3.65. The molecule has 0 aliphatic heterocycles. The molecule has 5 nitrogen and oxygen atoms in total. The summed E-state index contributed by atoms with van der Waals surface area (Å²) in [5.41, 5.74) is 0.545. The molecule has 0 spiro atoms. The summed E-state index contributed by atoms with van der Waals surface area (Å²) < 4.78 is 29.2. The first-order valence-electron chi connectivity index (χ1n) is 7.20. The smallest absolute Gasteiger partial charge is 0.262 e. The fourth-order valence-corrected chi connectivity index (χ4v) is 5.40. The summed E-state index contributed by atoms with van der Waals surface area (Å²) >= 11 is 6.12. The van der Waals surface area contributed by atoms with Gasteiger partial charge in [0, 0.05) is 18.8 Å². The van der Waals surface area contributed by atoms with E-state index in [2.05, 4.69) is 4.98 Å². The number of aromatic nitrogens is 2. The summed E-state index contributed by atoms with van der Waals surface area (Å²) in [5, 5.41) is 0.117. The zero-order chi connectivity index (χ0) is 15.0. The monoisotopic (exact) mass is 327 g/mol. The van der Waals surface area contributed by atoms with Crippen molar-refractivity contribution < 1.29 is 8.42 Å². The Morgan fingerprint density at radius 2 is 2.10 bits per heavy atom. The van der Waals surface area contributed by atoms with Crippen molar-refractivity contribution in [3.63, 3.8) is 0 Å². The van der Waals surface area contributed by atoms with E-state index in [1.807, 2.05) is 13.0 Å². The van der Waals surface area contributed by atoms with E-state index >= 15 is 0 Å². The second kappa shape index (κ2) is 5.59. The van der Waals surface area contributed by atoms with Crippen LogP contribution in [0.3, 0.4) is 0 Å². The Labute approximate surface area is 129 Å². The van der Waals surface area contributed by atoms with Crippen LogP contribution in [0.1, 0.15) is 32.6 Å². The quantitative estimate of drug-likeness (QED) is 0.867. The summed E-state index contributed by atoms with van der Waals surface area (Å²) in [6.45, 7) is 2.32. The molecule has 1 aliphatic rings. The first-order valence-corrected chi connectivity index (χ1v) is 9.02. The molecule has 7 heteroatoms. The van der Waals surface area contributed by atoms with Crippen LogP contribution in [0.2, 0.25) is 5.15 Å². The van der Waals surface area contributed by atoms with Crippen LogP contribution in [0.5, 0.6) is 0 Å². The number of hydrogen-bond donors (Lipinski definition) is 0. The van der Waals surface area contributed by atoms with Crippen molar-refractivity contribution in [2.45, 2.75) is 43.7 Å². The third-order valence-electron chi connectivity index (χ3n) is 4.04. The first-order chi connectivity index (χ1) is 10.1. The number of imidazole rings is 1. The average Bonchev–Trinajstić information content (AvgIpc) is 3.05. The molecule has 0 atom stereocenters. The van der Waals surface area contributed by atoms with Crippen LogP contribution in [-0.4, -0.2) is 34.7 Å². The van der Waals surface area contributed by atoms with Crippen molar-refractivity contribution in [1.82, 2.24) is 13.7 Å². The highest BCUT2D eigenvalue weighted by atomic mass is 35.5. The lowest BCUT2D eigenvalue weighted by molar-refractivity contribution is 0.334. The van der Waals surface area contributed by atoms with Crippen molar-refractivity contribution in [3.8, 4) is 0 Å². The molecule has 2 heterocycles. The number of rotatable bonds is 4. The van der Waals surface area contributed by atoms with E-state index in [1.165, 1.54) is 0 Å². The standard InChI is InChI=1S/C14H18ClN3O2S/c1-2-18(11-7-3-4-8-11)21(19,20)14-13(15)16-12-9-5-6-10-17(12)14/h5-6,9-11H,2-4,7-8H2,1H3. The Bertz CT molecular complexity index is 751. The van der Waals surface area contributed by atoms with Crippen LogP contribution in [0, 0.1) is 0 Å². The van der Waals surface area contributed by atoms with Crippen LogP contribution >= 0.6 is 11.6 Å². The van der Waals surface area contributed by atoms with E-state index in [0.717, 1.165) is 25.7 Å². The predicted molar refractivity (Wildman–Crippen MR) is 82.0 cm³/mol. The van der Waals surface area contributed by atoms with Gasteiger partial charge in [-0.2, -0.15) is 4.31 Å². The summed E-state index contributed by atoms with van der Waals surface area (Å²) in [7, 11) is -3.65. The van der Waals surface area contributed by atoms with Crippen LogP contribution < -0.4 is 0 Å². The maximum Gasteiger partial charge on any atom is 0.262 e. The lowest BCUT2D eigenvalue weighted by Crippen LogP contribution is -2.39. The Morgan fingerprint density at radius 1 is 1.38 bits per heavy atom. The maximum atomic E-state index is 13.0. The second-order valence-electron chi connectivity index (χ2n) is 5.28. The van der Waals surface area contributed by atoms with Gasteiger partial charge in [-0.1, -0.05) is 37.4 Å². The molecule has 2 aromatic rings. The molecular weight excluding hydrogens is 310 g/mol. The van der Waals surface area contributed by atoms with Gasteiger partial charge in [0.1, 0.15) is 5.65 Å². The fraction of sp³-hybridized carbons (Fsp3) is 0.500. The zero-order valence-electron chi connectivity index (χ0n) is 11.9. The van der Waals surface area contributed by atoms with Gasteiger partial charge in [0.05, 0.1) is 0 Å². The number of hydrogen-bond acceptors (Lipinski definition) is 3. The van der Waals surface area contributed by atoms with Crippen LogP contribution in [0.15, 0.2) is 29.4 Å². The van der Waals surface area contributed by atoms with Crippen LogP contribution in [0.25, 0.3) is 5.65 Å². The van der Waals surface area contributed by atoms with Gasteiger partial charge in [-0.05, 0) is 25.0 Å². The molecule has 1 saturated carbocycles. The molecule has 0 bridgehead atoms. The molecule has 3 rings (SSSR count). The molecular formula is C14H18ClN3O2S. The molecule has 114 valence electrons. The van der Waals surface area contributed by atoms with Gasteiger partial charge in [-0.15, -0.1) is 0 Å². The van der Waals surface area contributed by atoms with Crippen molar-refractivity contribution in [2.24, 2.45) is 0 Å². The molecule has 0 radical (unpaired) electrons. The van der Waals surface area contributed by atoms with Gasteiger partial charge in [0.15, 0.2) is 10.2 Å². The molecule has 0 saturated heterocycles. The first kappa shape index (κ1) is 14.8. The lowest BCUT2D eigenvalue weighted by Gasteiger charge is -2.26. The average molecular weight is 328 g/mol. The third-order valence-corrected chi connectivity index (χ3v) is 6.47. The normalized spacial score (nSPS) is 17.1. The molecule has 0 aromatic carbocycles. The number of nitrogens with zero attached hydrogens (tertiary/aromatic N) is 3. The predicted octanol–water partition coefficient (Wildman–Crippen LogP) is 2.94. The minimum absolute atomic E-state index is 0.0395. The maximum absolute atomic E-state index is 13.0. The number of pyridine rings is 1. The SMILES string of the molecule is CCN(C1CCCC1)S(=O)(=O)c1c(Cl)nc2ccccn12. The number of halogens is 1. The van der Waals surface area contributed by atoms with Gasteiger partial charge in [-0.3, -0.25) is 4.40 Å². The highest BCUT2D eigenvalue weighted by Crippen LogP contribution is 2.31. The van der Waals surface area contributed by atoms with E-state index < -0.39 is 10.0 Å². The summed E-state index contributed by atoms with van der Waals surface area (Å²) in [6.07, 6.45) is 5.68. The van der Waals surface area contributed by atoms with Gasteiger partial charge in [0.25, 0.3) is 10.0 Å². The second-order valence-corrected chi connectivity index (χ2v) is 7.45. The highest BCUT2D eigenvalue weighted by Gasteiger charge is 2.35. The van der Waals surface area contributed by atoms with E-state index in [4.69, 9.17) is 11.6 Å². The van der Waals surface area contributed by atoms with Crippen molar-refractivity contribution in [1.29, 1.82) is 0 Å². The summed E-state index contributed by atoms with van der Waals surface area (Å²) in [5.74, 6) is 0. The van der Waals surface area contributed by atoms with E-state index in [-0.39, 0.29) is 16.2 Å². The number of sulfonamides is 1. The molecule has 21 heavy (non-hydrogen) atoms. The lowest BCUT2D eigenvalue weighted by atomic mass is 10.2. The Balaban J connectivity index is 2.13. The molecule has 0 unspecified atom stereocenters. The summed E-state index contributed by atoms with van der Waals surface area (Å²) in [6, 6.07) is 5.40. The van der Waals surface area contributed by atoms with Gasteiger partial charge < -0.3 is 0 Å². The van der Waals surface area contributed by atoms with Crippen LogP contribution in [-0.2, 0) is 10.0 Å². The zero-order valence-corrected chi connectivity index (χ0v) is 13.4. The van der Waals surface area contributed by atoms with Gasteiger partial charge in [0.2, 0.25) is 0 Å². The topological polar surface area (TPSA) is 54.7 Å². The van der Waals surface area contributed by atoms with Crippen molar-refractivity contribution in [2.75, 3.05) is 6.54 Å². The fourth-order valence-electron chi connectivity index (χ4n) is 3.10. The molecule has 0 N–H and O–H groups in total. The third kappa shape index (κ3) is 2.45. The molecule has 1 fully saturated rings. The molecule has 1 aliphatic carbocycles. The Kier molecular flexibility index (Phi) is 3.94. The number of fused-ring (bicyclic) bond motifs is 1. The van der Waals surface area contributed by atoms with E-state index in [0.29, 0.717) is 12.2 Å². The van der Waals surface area contributed by atoms with Gasteiger partial charge in [-0.25, -0.2) is 13.4 Å². The van der Waals surface area contributed by atoms with E-state index in [1.54, 1.807) is 27.0 Å². The molecule has 2 aromatic heterocycles. The highest BCUT2D eigenvalue weighted by molar-refractivity contribution is 7.89. The summed E-state index contributed by atoms with van der Waals surface area (Å²) in [4.78, 5) is 4.15. The minimum Gasteiger partial charge on any atom is -0.288 e. The van der Waals surface area contributed by atoms with E-state index in [9.17, 15) is 8.42 Å².